The topological polar surface area (TPSA) is 103 Å². The molecule has 18 heavy (non-hydrogen) atoms. The van der Waals surface area contributed by atoms with Gasteiger partial charge in [0.2, 0.25) is 10.0 Å². The second-order valence-electron chi connectivity index (χ2n) is 3.93. The van der Waals surface area contributed by atoms with Crippen LogP contribution in [0.1, 0.15) is 19.0 Å². The van der Waals surface area contributed by atoms with Crippen molar-refractivity contribution in [2.75, 3.05) is 13.2 Å². The van der Waals surface area contributed by atoms with Crippen LogP contribution >= 0.6 is 0 Å². The molecule has 1 unspecified atom stereocenters. The highest BCUT2D eigenvalue weighted by atomic mass is 32.2. The minimum atomic E-state index is -3.73. The largest absolute Gasteiger partial charge is 0.396 e. The van der Waals surface area contributed by atoms with E-state index in [2.05, 4.69) is 9.71 Å². The predicted octanol–water partition coefficient (Wildman–Crippen LogP) is 0.250. The number of hydrogen-bond donors (Lipinski definition) is 2. The molecular weight excluding hydrogens is 254 g/mol. The zero-order chi connectivity index (χ0) is 13.6. The zero-order valence-electron chi connectivity index (χ0n) is 10.00. The van der Waals surface area contributed by atoms with Crippen LogP contribution in [0.5, 0.6) is 0 Å². The molecule has 0 bridgehead atoms. The van der Waals surface area contributed by atoms with Gasteiger partial charge in [0.1, 0.15) is 11.0 Å². The number of hydrogen-bond acceptors (Lipinski definition) is 5. The van der Waals surface area contributed by atoms with Crippen molar-refractivity contribution in [3.05, 3.63) is 24.0 Å². The summed E-state index contributed by atoms with van der Waals surface area (Å²) in [6.45, 7) is 2.05. The minimum Gasteiger partial charge on any atom is -0.396 e. The molecule has 0 aliphatic heterocycles. The highest BCUT2D eigenvalue weighted by Crippen LogP contribution is 2.12. The lowest BCUT2D eigenvalue weighted by atomic mass is 10.1. The first kappa shape index (κ1) is 14.6. The molecule has 0 aromatic carbocycles. The Morgan fingerprint density at radius 1 is 1.61 bits per heavy atom. The number of rotatable bonds is 6. The van der Waals surface area contributed by atoms with Crippen LogP contribution in [0.4, 0.5) is 0 Å². The number of nitrogens with zero attached hydrogens (tertiary/aromatic N) is 2. The Hall–Kier alpha value is -1.49. The summed E-state index contributed by atoms with van der Waals surface area (Å²) >= 11 is 0. The highest BCUT2D eigenvalue weighted by Gasteiger charge is 2.19. The van der Waals surface area contributed by atoms with E-state index < -0.39 is 10.0 Å². The van der Waals surface area contributed by atoms with E-state index in [9.17, 15) is 8.42 Å². The quantitative estimate of drug-likeness (QED) is 0.770. The fraction of sp³-hybridized carbons (Fsp3) is 0.455. The van der Waals surface area contributed by atoms with E-state index in [4.69, 9.17) is 10.4 Å². The van der Waals surface area contributed by atoms with Crippen LogP contribution in [0.15, 0.2) is 23.2 Å². The van der Waals surface area contributed by atoms with Crippen molar-refractivity contribution in [3.63, 3.8) is 0 Å². The standard InChI is InChI=1S/C11H15N3O3S/c1-9(4-6-15)8-14-18(16,17)11-3-2-5-13-10(11)7-12/h2-3,5,9,14-15H,4,6,8H2,1H3. The van der Waals surface area contributed by atoms with Crippen molar-refractivity contribution in [1.29, 1.82) is 5.26 Å². The second-order valence-corrected chi connectivity index (χ2v) is 5.67. The summed E-state index contributed by atoms with van der Waals surface area (Å²) in [4.78, 5) is 3.59. The Kier molecular flexibility index (Phi) is 5.22. The maximum Gasteiger partial charge on any atom is 0.243 e. The van der Waals surface area contributed by atoms with Crippen LogP contribution in [0.3, 0.4) is 0 Å². The molecule has 0 aliphatic carbocycles. The molecule has 0 saturated heterocycles. The third kappa shape index (κ3) is 3.77. The van der Waals surface area contributed by atoms with Gasteiger partial charge in [-0.05, 0) is 24.5 Å². The van der Waals surface area contributed by atoms with E-state index in [1.165, 1.54) is 18.3 Å². The Balaban J connectivity index is 2.84. The molecule has 0 fully saturated rings. The molecule has 0 radical (unpaired) electrons. The van der Waals surface area contributed by atoms with Crippen molar-refractivity contribution in [2.24, 2.45) is 5.92 Å². The normalized spacial score (nSPS) is 12.9. The number of sulfonamides is 1. The van der Waals surface area contributed by atoms with Gasteiger partial charge in [-0.1, -0.05) is 6.92 Å². The maximum atomic E-state index is 12.0. The summed E-state index contributed by atoms with van der Waals surface area (Å²) in [7, 11) is -3.73. The summed E-state index contributed by atoms with van der Waals surface area (Å²) < 4.78 is 26.3. The molecule has 98 valence electrons. The smallest absolute Gasteiger partial charge is 0.243 e. The Morgan fingerprint density at radius 3 is 2.94 bits per heavy atom. The van der Waals surface area contributed by atoms with Crippen molar-refractivity contribution in [1.82, 2.24) is 9.71 Å². The Bertz CT molecular complexity index is 537. The van der Waals surface area contributed by atoms with Gasteiger partial charge in [0.25, 0.3) is 0 Å². The molecule has 1 aromatic rings. The highest BCUT2D eigenvalue weighted by molar-refractivity contribution is 7.89. The molecule has 0 spiro atoms. The number of nitriles is 1. The molecule has 0 saturated carbocycles. The molecule has 0 aliphatic rings. The van der Waals surface area contributed by atoms with Gasteiger partial charge < -0.3 is 5.11 Å². The van der Waals surface area contributed by atoms with E-state index in [1.54, 1.807) is 6.07 Å². The van der Waals surface area contributed by atoms with Gasteiger partial charge in [0.05, 0.1) is 0 Å². The lowest BCUT2D eigenvalue weighted by molar-refractivity contribution is 0.263. The van der Waals surface area contributed by atoms with Crippen LogP contribution in [-0.4, -0.2) is 31.7 Å². The van der Waals surface area contributed by atoms with Gasteiger partial charge in [0.15, 0.2) is 5.69 Å². The predicted molar refractivity (Wildman–Crippen MR) is 65.0 cm³/mol. The van der Waals surface area contributed by atoms with Crippen molar-refractivity contribution in [2.45, 2.75) is 18.2 Å². The minimum absolute atomic E-state index is 0.0131. The van der Waals surface area contributed by atoms with Crippen LogP contribution in [-0.2, 0) is 10.0 Å². The molecule has 2 N–H and O–H groups in total. The van der Waals surface area contributed by atoms with Gasteiger partial charge >= 0.3 is 0 Å². The molecule has 1 aromatic heterocycles. The van der Waals surface area contributed by atoms with Crippen LogP contribution < -0.4 is 4.72 Å². The van der Waals surface area contributed by atoms with E-state index >= 15 is 0 Å². The third-order valence-corrected chi connectivity index (χ3v) is 3.86. The summed E-state index contributed by atoms with van der Waals surface area (Å²) in [6.07, 6.45) is 1.88. The Labute approximate surface area is 106 Å². The van der Waals surface area contributed by atoms with Gasteiger partial charge in [0, 0.05) is 19.3 Å². The first-order valence-electron chi connectivity index (χ1n) is 5.47. The van der Waals surface area contributed by atoms with E-state index in [0.29, 0.717) is 6.42 Å². The van der Waals surface area contributed by atoms with Crippen molar-refractivity contribution >= 4 is 10.0 Å². The number of aliphatic hydroxyl groups is 1. The van der Waals surface area contributed by atoms with Crippen LogP contribution in [0.2, 0.25) is 0 Å². The van der Waals surface area contributed by atoms with Gasteiger partial charge in [-0.2, -0.15) is 5.26 Å². The van der Waals surface area contributed by atoms with Gasteiger partial charge in [-0.25, -0.2) is 18.1 Å². The number of aliphatic hydroxyl groups excluding tert-OH is 1. The van der Waals surface area contributed by atoms with Gasteiger partial charge in [-0.3, -0.25) is 0 Å². The Morgan fingerprint density at radius 2 is 2.33 bits per heavy atom. The average Bonchev–Trinajstić information content (AvgIpc) is 2.37. The second kappa shape index (κ2) is 6.44. The fourth-order valence-electron chi connectivity index (χ4n) is 1.34. The number of pyridine rings is 1. The zero-order valence-corrected chi connectivity index (χ0v) is 10.8. The molecule has 0 amide bonds. The van der Waals surface area contributed by atoms with Crippen molar-refractivity contribution < 1.29 is 13.5 Å². The molecule has 7 heteroatoms. The molecule has 1 atom stereocenters. The van der Waals surface area contributed by atoms with Crippen molar-refractivity contribution in [3.8, 4) is 6.07 Å². The summed E-state index contributed by atoms with van der Waals surface area (Å²) in [5.74, 6) is 0.0204. The fourth-order valence-corrected chi connectivity index (χ4v) is 2.61. The van der Waals surface area contributed by atoms with Gasteiger partial charge in [-0.15, -0.1) is 0 Å². The summed E-state index contributed by atoms with van der Waals surface area (Å²) in [6, 6.07) is 4.55. The summed E-state index contributed by atoms with van der Waals surface area (Å²) in [5.41, 5.74) is -0.125. The number of aromatic nitrogens is 1. The molecule has 6 nitrogen and oxygen atoms in total. The van der Waals surface area contributed by atoms with E-state index in [1.807, 2.05) is 6.92 Å². The lowest BCUT2D eigenvalue weighted by Crippen LogP contribution is -2.29. The summed E-state index contributed by atoms with van der Waals surface area (Å²) in [5, 5.41) is 17.5. The third-order valence-electron chi connectivity index (χ3n) is 2.41. The maximum absolute atomic E-state index is 12.0. The first-order valence-corrected chi connectivity index (χ1v) is 6.95. The average molecular weight is 269 g/mol. The SMILES string of the molecule is CC(CCO)CNS(=O)(=O)c1cccnc1C#N. The van der Waals surface area contributed by atoms with E-state index in [0.717, 1.165) is 0 Å². The number of nitrogens with one attached hydrogen (secondary N) is 1. The first-order chi connectivity index (χ1) is 8.51. The lowest BCUT2D eigenvalue weighted by Gasteiger charge is -2.11. The van der Waals surface area contributed by atoms with E-state index in [-0.39, 0.29) is 29.7 Å². The van der Waals surface area contributed by atoms with Crippen LogP contribution in [0.25, 0.3) is 0 Å². The molecule has 1 rings (SSSR count). The molecular formula is C11H15N3O3S. The van der Waals surface area contributed by atoms with Crippen LogP contribution in [0, 0.1) is 17.2 Å². The molecule has 1 heterocycles. The monoisotopic (exact) mass is 269 g/mol.